The lowest BCUT2D eigenvalue weighted by Crippen LogP contribution is -2.54. The smallest absolute Gasteiger partial charge is 0.351 e. The normalized spacial score (nSPS) is 24.2. The average Bonchev–Trinajstić information content (AvgIpc) is 3.00. The summed E-state index contributed by atoms with van der Waals surface area (Å²) in [4.78, 5) is 17.0. The van der Waals surface area contributed by atoms with Crippen molar-refractivity contribution in [2.24, 2.45) is 0 Å². The summed E-state index contributed by atoms with van der Waals surface area (Å²) in [6, 6.07) is 1.62. The Morgan fingerprint density at radius 3 is 1.71 bits per heavy atom. The second-order valence-corrected chi connectivity index (χ2v) is 29.7. The molecule has 0 aliphatic carbocycles. The number of nitrogens with two attached hydrogens (primary N) is 1. The first-order chi connectivity index (χ1) is 16.8. The monoisotopic (exact) mass is 585 g/mol. The summed E-state index contributed by atoms with van der Waals surface area (Å²) in [6.45, 7) is 33.8. The van der Waals surface area contributed by atoms with E-state index in [-0.39, 0.29) is 20.9 Å². The van der Waals surface area contributed by atoms with Crippen LogP contribution in [0.4, 0.5) is 5.82 Å². The first-order valence-corrected chi connectivity index (χ1v) is 22.5. The predicted molar refractivity (Wildman–Crippen MR) is 164 cm³/mol. The fourth-order valence-electron chi connectivity index (χ4n) is 3.49. The molecule has 38 heavy (non-hydrogen) atoms. The van der Waals surface area contributed by atoms with Crippen molar-refractivity contribution < 1.29 is 18.0 Å². The van der Waals surface area contributed by atoms with Gasteiger partial charge in [0.25, 0.3) is 0 Å². The lowest BCUT2D eigenvalue weighted by Gasteiger charge is -2.44. The van der Waals surface area contributed by atoms with Gasteiger partial charge < -0.3 is 23.7 Å². The van der Waals surface area contributed by atoms with Gasteiger partial charge in [-0.1, -0.05) is 62.3 Å². The first kappa shape index (κ1) is 33.4. The molecule has 2 heterocycles. The van der Waals surface area contributed by atoms with Gasteiger partial charge in [-0.15, -0.1) is 0 Å². The SMILES string of the molecule is CC(C)(C)[Si](C)(C)OCC1OC(n2ccc(N)nc2=O)C(O[Si](C)(C)C(C)(C)C)C1O[Si](C)(C)C(C)(C)C. The van der Waals surface area contributed by atoms with Gasteiger partial charge in [0, 0.05) is 6.20 Å². The van der Waals surface area contributed by atoms with Gasteiger partial charge in [-0.25, -0.2) is 4.79 Å². The van der Waals surface area contributed by atoms with E-state index in [4.69, 9.17) is 23.7 Å². The summed E-state index contributed by atoms with van der Waals surface area (Å²) in [7, 11) is -6.61. The Morgan fingerprint density at radius 1 is 0.842 bits per heavy atom. The Labute approximate surface area is 234 Å². The maximum absolute atomic E-state index is 13.0. The Bertz CT molecular complexity index is 1020. The van der Waals surface area contributed by atoms with Gasteiger partial charge in [0.1, 0.15) is 24.1 Å². The zero-order chi connectivity index (χ0) is 29.7. The van der Waals surface area contributed by atoms with E-state index in [0.717, 1.165) is 0 Å². The van der Waals surface area contributed by atoms with Crippen LogP contribution in [-0.2, 0) is 18.0 Å². The molecule has 1 aliphatic heterocycles. The van der Waals surface area contributed by atoms with Gasteiger partial charge >= 0.3 is 5.69 Å². The number of aromatic nitrogens is 2. The van der Waals surface area contributed by atoms with E-state index >= 15 is 0 Å². The van der Waals surface area contributed by atoms with Gasteiger partial charge in [0.15, 0.2) is 31.2 Å². The third kappa shape index (κ3) is 7.27. The second-order valence-electron chi connectivity index (χ2n) is 15.4. The highest BCUT2D eigenvalue weighted by molar-refractivity contribution is 6.75. The molecular formula is C27H55N3O5Si3. The Kier molecular flexibility index (Phi) is 9.54. The number of nitrogens with zero attached hydrogens (tertiary/aromatic N) is 2. The van der Waals surface area contributed by atoms with Crippen LogP contribution in [0.5, 0.6) is 0 Å². The number of nitrogen functional groups attached to an aromatic ring is 1. The molecule has 0 saturated carbocycles. The van der Waals surface area contributed by atoms with Crippen LogP contribution in [0.15, 0.2) is 17.1 Å². The van der Waals surface area contributed by atoms with Crippen LogP contribution in [-0.4, -0.2) is 59.4 Å². The average molecular weight is 586 g/mol. The lowest BCUT2D eigenvalue weighted by molar-refractivity contribution is -0.0509. The van der Waals surface area contributed by atoms with E-state index in [0.29, 0.717) is 6.61 Å². The van der Waals surface area contributed by atoms with Crippen LogP contribution in [0.2, 0.25) is 54.4 Å². The maximum Gasteiger partial charge on any atom is 0.351 e. The van der Waals surface area contributed by atoms with E-state index in [1.807, 2.05) is 0 Å². The molecule has 0 aromatic carbocycles. The topological polar surface area (TPSA) is 97.8 Å². The van der Waals surface area contributed by atoms with Gasteiger partial charge in [-0.05, 0) is 60.5 Å². The minimum atomic E-state index is -2.29. The Hall–Kier alpha value is -0.829. The molecule has 0 bridgehead atoms. The van der Waals surface area contributed by atoms with Crippen LogP contribution in [0.3, 0.4) is 0 Å². The number of anilines is 1. The fourth-order valence-corrected chi connectivity index (χ4v) is 7.11. The highest BCUT2D eigenvalue weighted by Crippen LogP contribution is 2.46. The molecule has 0 amide bonds. The van der Waals surface area contributed by atoms with E-state index < -0.39 is 55.2 Å². The quantitative estimate of drug-likeness (QED) is 0.347. The summed E-state index contributed by atoms with van der Waals surface area (Å²) in [5.74, 6) is 0.179. The van der Waals surface area contributed by atoms with Crippen LogP contribution >= 0.6 is 0 Å². The van der Waals surface area contributed by atoms with Gasteiger partial charge in [0.05, 0.1) is 6.61 Å². The highest BCUT2D eigenvalue weighted by atomic mass is 28.4. The molecule has 1 fully saturated rings. The van der Waals surface area contributed by atoms with E-state index in [9.17, 15) is 4.79 Å². The van der Waals surface area contributed by atoms with Gasteiger partial charge in [0.2, 0.25) is 0 Å². The number of hydrogen-bond acceptors (Lipinski definition) is 7. The standard InChI is InChI=1S/C27H55N3O5Si3/c1-25(2,3)36(10,11)32-18-19-21(34-37(12,13)26(4,5)6)22(35-38(14,15)27(7,8)9)23(33-19)30-17-16-20(28)29-24(30)31/h16-17,19,21-23H,18H2,1-15H3,(H2,28,29,31). The number of ether oxygens (including phenoxy) is 1. The van der Waals surface area contributed by atoms with E-state index in [2.05, 4.69) is 107 Å². The highest BCUT2D eigenvalue weighted by Gasteiger charge is 2.55. The van der Waals surface area contributed by atoms with Crippen molar-refractivity contribution in [3.63, 3.8) is 0 Å². The summed E-state index contributed by atoms with van der Waals surface area (Å²) in [6.07, 6.45) is -0.349. The molecule has 11 heteroatoms. The van der Waals surface area contributed by atoms with Crippen molar-refractivity contribution in [3.05, 3.63) is 22.7 Å². The first-order valence-electron chi connectivity index (χ1n) is 13.8. The minimum absolute atomic E-state index is 0.0168. The molecule has 4 atom stereocenters. The Balaban J connectivity index is 2.64. The molecular weight excluding hydrogens is 531 g/mol. The molecule has 4 unspecified atom stereocenters. The zero-order valence-electron chi connectivity index (χ0n) is 26.7. The predicted octanol–water partition coefficient (Wildman–Crippen LogP) is 6.53. The van der Waals surface area contributed by atoms with Crippen molar-refractivity contribution in [1.82, 2.24) is 9.55 Å². The lowest BCUT2D eigenvalue weighted by atomic mass is 10.1. The van der Waals surface area contributed by atoms with Crippen LogP contribution in [0, 0.1) is 0 Å². The zero-order valence-corrected chi connectivity index (χ0v) is 29.7. The van der Waals surface area contributed by atoms with Crippen molar-refractivity contribution in [1.29, 1.82) is 0 Å². The molecule has 1 aromatic rings. The molecule has 1 saturated heterocycles. The van der Waals surface area contributed by atoms with Gasteiger partial charge in [-0.3, -0.25) is 4.57 Å². The molecule has 2 N–H and O–H groups in total. The molecule has 2 rings (SSSR count). The largest absolute Gasteiger partial charge is 0.414 e. The van der Waals surface area contributed by atoms with Crippen molar-refractivity contribution in [2.45, 2.75) is 141 Å². The van der Waals surface area contributed by atoms with Crippen molar-refractivity contribution in [3.8, 4) is 0 Å². The van der Waals surface area contributed by atoms with Gasteiger partial charge in [-0.2, -0.15) is 4.98 Å². The third-order valence-electron chi connectivity index (χ3n) is 9.30. The Morgan fingerprint density at radius 2 is 1.29 bits per heavy atom. The minimum Gasteiger partial charge on any atom is -0.414 e. The van der Waals surface area contributed by atoms with Crippen molar-refractivity contribution >= 4 is 30.8 Å². The van der Waals surface area contributed by atoms with E-state index in [1.54, 1.807) is 12.3 Å². The van der Waals surface area contributed by atoms with E-state index in [1.165, 1.54) is 4.57 Å². The number of hydrogen-bond donors (Lipinski definition) is 1. The van der Waals surface area contributed by atoms with Crippen molar-refractivity contribution in [2.75, 3.05) is 12.3 Å². The molecule has 8 nitrogen and oxygen atoms in total. The summed E-state index contributed by atoms with van der Waals surface area (Å²) in [5, 5.41) is -0.00812. The summed E-state index contributed by atoms with van der Waals surface area (Å²) >= 11 is 0. The molecule has 220 valence electrons. The van der Waals surface area contributed by atoms with Crippen LogP contribution < -0.4 is 11.4 Å². The summed E-state index contributed by atoms with van der Waals surface area (Å²) < 4.78 is 29.0. The summed E-state index contributed by atoms with van der Waals surface area (Å²) in [5.41, 5.74) is 5.36. The van der Waals surface area contributed by atoms with Crippen LogP contribution in [0.25, 0.3) is 0 Å². The molecule has 1 aromatic heterocycles. The fraction of sp³-hybridized carbons (Fsp3) is 0.852. The molecule has 0 radical (unpaired) electrons. The maximum atomic E-state index is 13.0. The number of rotatable bonds is 8. The second kappa shape index (κ2) is 10.9. The van der Waals surface area contributed by atoms with Crippen LogP contribution in [0.1, 0.15) is 68.5 Å². The molecule has 0 spiro atoms. The molecule has 1 aliphatic rings. The third-order valence-corrected chi connectivity index (χ3v) is 22.7.